The van der Waals surface area contributed by atoms with Gasteiger partial charge >= 0.3 is 0 Å². The van der Waals surface area contributed by atoms with Gasteiger partial charge in [-0.1, -0.05) is 26.0 Å². The van der Waals surface area contributed by atoms with E-state index in [0.29, 0.717) is 23.9 Å². The van der Waals surface area contributed by atoms with Crippen LogP contribution in [0.3, 0.4) is 0 Å². The number of carbonyl (C=O) groups excluding carboxylic acids is 1. The summed E-state index contributed by atoms with van der Waals surface area (Å²) in [6.07, 6.45) is 1.18. The highest BCUT2D eigenvalue weighted by atomic mass is 19.1. The van der Waals surface area contributed by atoms with Crippen LogP contribution in [0.2, 0.25) is 0 Å². The van der Waals surface area contributed by atoms with Crippen LogP contribution in [0, 0.1) is 17.7 Å². The molecule has 1 heterocycles. The maximum atomic E-state index is 13.0. The third kappa shape index (κ3) is 4.02. The Kier molecular flexibility index (Phi) is 5.31. The van der Waals surface area contributed by atoms with Crippen molar-refractivity contribution < 1.29 is 13.9 Å². The molecule has 2 rings (SSSR count). The first kappa shape index (κ1) is 15.9. The van der Waals surface area contributed by atoms with Gasteiger partial charge in [0.25, 0.3) is 0 Å². The van der Waals surface area contributed by atoms with Crippen LogP contribution in [0.5, 0.6) is 0 Å². The Bertz CT molecular complexity index is 476. The molecule has 5 heteroatoms. The van der Waals surface area contributed by atoms with Crippen LogP contribution in [0.1, 0.15) is 31.9 Å². The van der Waals surface area contributed by atoms with E-state index in [1.807, 2.05) is 0 Å². The molecule has 1 aromatic carbocycles. The standard InChI is InChI=1S/C16H23FN2O2/c1-10(2)15-12(7-8-21-15)9-19-14(16(18)20)11-3-5-13(17)6-4-11/h3-6,10,12,14-15,19H,7-9H2,1-2H3,(H2,18,20)/t12-,14-,15-/m1/s1. The number of primary amides is 1. The molecule has 1 aliphatic heterocycles. The Labute approximate surface area is 124 Å². The van der Waals surface area contributed by atoms with Crippen LogP contribution in [-0.4, -0.2) is 25.2 Å². The van der Waals surface area contributed by atoms with Gasteiger partial charge in [-0.15, -0.1) is 0 Å². The van der Waals surface area contributed by atoms with Crippen molar-refractivity contribution in [1.82, 2.24) is 5.32 Å². The van der Waals surface area contributed by atoms with Crippen molar-refractivity contribution in [1.29, 1.82) is 0 Å². The monoisotopic (exact) mass is 294 g/mol. The Morgan fingerprint density at radius 3 is 2.67 bits per heavy atom. The maximum absolute atomic E-state index is 13.0. The van der Waals surface area contributed by atoms with Gasteiger partial charge < -0.3 is 15.8 Å². The highest BCUT2D eigenvalue weighted by Crippen LogP contribution is 2.27. The molecule has 0 spiro atoms. The molecule has 0 saturated carbocycles. The summed E-state index contributed by atoms with van der Waals surface area (Å²) in [5.74, 6) is 0.0251. The summed E-state index contributed by atoms with van der Waals surface area (Å²) in [5, 5.41) is 3.20. The van der Waals surface area contributed by atoms with E-state index in [4.69, 9.17) is 10.5 Å². The van der Waals surface area contributed by atoms with Crippen LogP contribution in [0.25, 0.3) is 0 Å². The molecule has 0 bridgehead atoms. The molecule has 0 radical (unpaired) electrons. The first-order valence-electron chi connectivity index (χ1n) is 7.38. The minimum atomic E-state index is -0.598. The minimum absolute atomic E-state index is 0.208. The number of amides is 1. The molecule has 4 nitrogen and oxygen atoms in total. The molecule has 21 heavy (non-hydrogen) atoms. The lowest BCUT2D eigenvalue weighted by Gasteiger charge is -2.24. The van der Waals surface area contributed by atoms with Gasteiger partial charge in [0, 0.05) is 19.1 Å². The number of ether oxygens (including phenoxy) is 1. The lowest BCUT2D eigenvalue weighted by atomic mass is 9.92. The van der Waals surface area contributed by atoms with Crippen molar-refractivity contribution >= 4 is 5.91 Å². The third-order valence-corrected chi connectivity index (χ3v) is 3.99. The zero-order valence-electron chi connectivity index (χ0n) is 12.5. The van der Waals surface area contributed by atoms with Crippen molar-refractivity contribution in [3.05, 3.63) is 35.6 Å². The fourth-order valence-electron chi connectivity index (χ4n) is 2.92. The Hall–Kier alpha value is -1.46. The quantitative estimate of drug-likeness (QED) is 0.843. The first-order chi connectivity index (χ1) is 9.99. The summed E-state index contributed by atoms with van der Waals surface area (Å²) in [7, 11) is 0. The predicted molar refractivity (Wildman–Crippen MR) is 79.0 cm³/mol. The van der Waals surface area contributed by atoms with E-state index in [9.17, 15) is 9.18 Å². The van der Waals surface area contributed by atoms with Gasteiger partial charge in [0.15, 0.2) is 0 Å². The minimum Gasteiger partial charge on any atom is -0.378 e. The summed E-state index contributed by atoms with van der Waals surface area (Å²) < 4.78 is 18.7. The van der Waals surface area contributed by atoms with Crippen molar-refractivity contribution in [2.24, 2.45) is 17.6 Å². The number of hydrogen-bond donors (Lipinski definition) is 2. The zero-order chi connectivity index (χ0) is 15.4. The molecule has 0 aliphatic carbocycles. The van der Waals surface area contributed by atoms with Crippen molar-refractivity contribution in [2.45, 2.75) is 32.4 Å². The van der Waals surface area contributed by atoms with Gasteiger partial charge in [-0.2, -0.15) is 0 Å². The molecular weight excluding hydrogens is 271 g/mol. The van der Waals surface area contributed by atoms with Crippen LogP contribution in [0.15, 0.2) is 24.3 Å². The highest BCUT2D eigenvalue weighted by Gasteiger charge is 2.31. The van der Waals surface area contributed by atoms with E-state index >= 15 is 0 Å². The van der Waals surface area contributed by atoms with E-state index in [2.05, 4.69) is 19.2 Å². The zero-order valence-corrected chi connectivity index (χ0v) is 12.5. The average molecular weight is 294 g/mol. The fraction of sp³-hybridized carbons (Fsp3) is 0.562. The second kappa shape index (κ2) is 7.00. The summed E-state index contributed by atoms with van der Waals surface area (Å²) in [6, 6.07) is 5.25. The lowest BCUT2D eigenvalue weighted by Crippen LogP contribution is -2.39. The van der Waals surface area contributed by atoms with E-state index < -0.39 is 11.9 Å². The Morgan fingerprint density at radius 2 is 2.10 bits per heavy atom. The molecule has 3 atom stereocenters. The lowest BCUT2D eigenvalue weighted by molar-refractivity contribution is -0.120. The number of benzene rings is 1. The van der Waals surface area contributed by atoms with Crippen LogP contribution in [0.4, 0.5) is 4.39 Å². The second-order valence-electron chi connectivity index (χ2n) is 5.92. The predicted octanol–water partition coefficient (Wildman–Crippen LogP) is 2.00. The van der Waals surface area contributed by atoms with Gasteiger partial charge in [0.05, 0.1) is 6.10 Å². The molecule has 0 aromatic heterocycles. The molecule has 116 valence electrons. The van der Waals surface area contributed by atoms with Gasteiger partial charge in [-0.25, -0.2) is 4.39 Å². The summed E-state index contributed by atoms with van der Waals surface area (Å²) >= 11 is 0. The summed E-state index contributed by atoms with van der Waals surface area (Å²) in [5.41, 5.74) is 6.14. The number of nitrogens with one attached hydrogen (secondary N) is 1. The number of hydrogen-bond acceptors (Lipinski definition) is 3. The van der Waals surface area contributed by atoms with Crippen LogP contribution in [-0.2, 0) is 9.53 Å². The van der Waals surface area contributed by atoms with Crippen LogP contribution >= 0.6 is 0 Å². The molecule has 1 saturated heterocycles. The van der Waals surface area contributed by atoms with Gasteiger partial charge in [-0.05, 0) is 30.0 Å². The largest absolute Gasteiger partial charge is 0.378 e. The van der Waals surface area contributed by atoms with E-state index in [1.54, 1.807) is 12.1 Å². The smallest absolute Gasteiger partial charge is 0.239 e. The molecule has 1 aliphatic rings. The number of halogens is 1. The first-order valence-corrected chi connectivity index (χ1v) is 7.38. The van der Waals surface area contributed by atoms with Gasteiger partial charge in [-0.3, -0.25) is 4.79 Å². The van der Waals surface area contributed by atoms with E-state index in [-0.39, 0.29) is 11.9 Å². The molecule has 0 unspecified atom stereocenters. The summed E-state index contributed by atoms with van der Waals surface area (Å²) in [4.78, 5) is 11.6. The highest BCUT2D eigenvalue weighted by molar-refractivity contribution is 5.81. The SMILES string of the molecule is CC(C)[C@H]1OCC[C@@H]1CN[C@@H](C(N)=O)c1ccc(F)cc1. The number of rotatable bonds is 6. The average Bonchev–Trinajstić information content (AvgIpc) is 2.89. The fourth-order valence-corrected chi connectivity index (χ4v) is 2.92. The van der Waals surface area contributed by atoms with E-state index in [1.165, 1.54) is 12.1 Å². The van der Waals surface area contributed by atoms with Crippen molar-refractivity contribution in [3.8, 4) is 0 Å². The van der Waals surface area contributed by atoms with Crippen LogP contribution < -0.4 is 11.1 Å². The van der Waals surface area contributed by atoms with E-state index in [0.717, 1.165) is 13.0 Å². The van der Waals surface area contributed by atoms with Gasteiger partial charge in [0.1, 0.15) is 11.9 Å². The van der Waals surface area contributed by atoms with Gasteiger partial charge in [0.2, 0.25) is 5.91 Å². The maximum Gasteiger partial charge on any atom is 0.239 e. The van der Waals surface area contributed by atoms with Crippen molar-refractivity contribution in [3.63, 3.8) is 0 Å². The number of nitrogens with two attached hydrogens (primary N) is 1. The topological polar surface area (TPSA) is 64.3 Å². The molecular formula is C16H23FN2O2. The Balaban J connectivity index is 2.00. The molecule has 1 amide bonds. The normalized spacial score (nSPS) is 23.4. The second-order valence-corrected chi connectivity index (χ2v) is 5.92. The van der Waals surface area contributed by atoms with Crippen molar-refractivity contribution in [2.75, 3.05) is 13.2 Å². The molecule has 1 fully saturated rings. The molecule has 3 N–H and O–H groups in total. The Morgan fingerprint density at radius 1 is 1.43 bits per heavy atom. The molecule has 1 aromatic rings. The number of carbonyl (C=O) groups is 1. The third-order valence-electron chi connectivity index (χ3n) is 3.99. The summed E-state index contributed by atoms with van der Waals surface area (Å²) in [6.45, 7) is 5.68.